The number of hydrogen-bond acceptors (Lipinski definition) is 9. The van der Waals surface area contributed by atoms with E-state index in [4.69, 9.17) is 26.1 Å². The third-order valence-corrected chi connectivity index (χ3v) is 10.3. The van der Waals surface area contributed by atoms with Crippen molar-refractivity contribution in [1.29, 1.82) is 0 Å². The third-order valence-electron chi connectivity index (χ3n) is 10.1. The Kier molecular flexibility index (Phi) is 12.2. The normalized spacial score (nSPS) is 15.7. The standard InChI is InChI=1S/C43H47ClN6O5/c1-31(2)55-40-17-12-33(39(51)28-47-20-18-46(19-21-47)27-32-8-4-3-5-9-32)26-38(40)50-41(45-37-11-7-6-10-36(37)43(50)53)29-48-22-24-49(25-23-48)42(52)30-54-35-15-13-34(44)14-16-35/h3-17,26,31H,18-25,27-30H2,1-2H3. The van der Waals surface area contributed by atoms with Gasteiger partial charge in [-0.1, -0.05) is 54.1 Å². The molecule has 0 saturated carbocycles. The Bertz CT molecular complexity index is 2160. The van der Waals surface area contributed by atoms with Crippen LogP contribution in [0.25, 0.3) is 16.6 Å². The molecule has 2 aliphatic heterocycles. The second-order valence-electron chi connectivity index (χ2n) is 14.4. The number of benzene rings is 4. The van der Waals surface area contributed by atoms with Crippen LogP contribution in [0.5, 0.6) is 11.5 Å². The van der Waals surface area contributed by atoms with E-state index >= 15 is 0 Å². The van der Waals surface area contributed by atoms with Crippen LogP contribution in [0.2, 0.25) is 5.02 Å². The lowest BCUT2D eigenvalue weighted by molar-refractivity contribution is -0.135. The van der Waals surface area contributed by atoms with Gasteiger partial charge in [-0.15, -0.1) is 0 Å². The molecule has 0 bridgehead atoms. The van der Waals surface area contributed by atoms with Crippen LogP contribution in [0.15, 0.2) is 102 Å². The molecule has 0 atom stereocenters. The summed E-state index contributed by atoms with van der Waals surface area (Å²) in [6.45, 7) is 10.9. The van der Waals surface area contributed by atoms with Crippen molar-refractivity contribution < 1.29 is 19.1 Å². The molecule has 286 valence electrons. The molecule has 7 rings (SSSR count). The van der Waals surface area contributed by atoms with Gasteiger partial charge in [-0.2, -0.15) is 0 Å². The molecule has 12 heteroatoms. The van der Waals surface area contributed by atoms with Crippen LogP contribution in [0.4, 0.5) is 0 Å². The number of nitrogens with zero attached hydrogens (tertiary/aromatic N) is 6. The number of amides is 1. The number of rotatable bonds is 13. The Morgan fingerprint density at radius 2 is 1.42 bits per heavy atom. The van der Waals surface area contributed by atoms with Gasteiger partial charge in [0.2, 0.25) is 0 Å². The zero-order valence-corrected chi connectivity index (χ0v) is 32.2. The Balaban J connectivity index is 1.09. The van der Waals surface area contributed by atoms with Gasteiger partial charge in [0.15, 0.2) is 12.4 Å². The number of ketones is 1. The lowest BCUT2D eigenvalue weighted by Gasteiger charge is -2.35. The molecule has 0 spiro atoms. The lowest BCUT2D eigenvalue weighted by atomic mass is 10.1. The predicted molar refractivity (Wildman–Crippen MR) is 214 cm³/mol. The summed E-state index contributed by atoms with van der Waals surface area (Å²) in [5.74, 6) is 1.50. The summed E-state index contributed by atoms with van der Waals surface area (Å²) in [5.41, 5.74) is 2.64. The maximum absolute atomic E-state index is 14.4. The molecule has 4 aromatic carbocycles. The van der Waals surface area contributed by atoms with Crippen LogP contribution in [0, 0.1) is 0 Å². The maximum Gasteiger partial charge on any atom is 0.266 e. The summed E-state index contributed by atoms with van der Waals surface area (Å²) in [5, 5.41) is 1.08. The Hall–Kier alpha value is -5.07. The summed E-state index contributed by atoms with van der Waals surface area (Å²) >= 11 is 5.97. The maximum atomic E-state index is 14.4. The molecule has 0 radical (unpaired) electrons. The number of hydrogen-bond donors (Lipinski definition) is 0. The molecule has 2 saturated heterocycles. The fourth-order valence-electron chi connectivity index (χ4n) is 7.12. The van der Waals surface area contributed by atoms with Gasteiger partial charge in [0.05, 0.1) is 35.8 Å². The van der Waals surface area contributed by atoms with Crippen molar-refractivity contribution >= 4 is 34.2 Å². The summed E-state index contributed by atoms with van der Waals surface area (Å²) in [6, 6.07) is 30.1. The predicted octanol–water partition coefficient (Wildman–Crippen LogP) is 5.55. The zero-order valence-electron chi connectivity index (χ0n) is 31.4. The number of para-hydroxylation sites is 1. The van der Waals surface area contributed by atoms with Crippen LogP contribution in [-0.2, 0) is 17.9 Å². The van der Waals surface area contributed by atoms with E-state index in [-0.39, 0.29) is 36.5 Å². The van der Waals surface area contributed by atoms with Gasteiger partial charge in [0.1, 0.15) is 17.3 Å². The van der Waals surface area contributed by atoms with Crippen molar-refractivity contribution in [2.24, 2.45) is 0 Å². The molecule has 1 aromatic heterocycles. The van der Waals surface area contributed by atoms with Crippen LogP contribution in [0.3, 0.4) is 0 Å². The van der Waals surface area contributed by atoms with Crippen LogP contribution in [0.1, 0.15) is 35.6 Å². The molecule has 2 aliphatic rings. The average molecular weight is 763 g/mol. The summed E-state index contributed by atoms with van der Waals surface area (Å²) in [6.07, 6.45) is -0.172. The highest BCUT2D eigenvalue weighted by molar-refractivity contribution is 6.30. The SMILES string of the molecule is CC(C)Oc1ccc(C(=O)CN2CCN(Cc3ccccc3)CC2)cc1-n1c(CN2CCN(C(=O)COc3ccc(Cl)cc3)CC2)nc2ccccc2c1=O. The molecular formula is C43H47ClN6O5. The largest absolute Gasteiger partial charge is 0.489 e. The van der Waals surface area contributed by atoms with E-state index < -0.39 is 0 Å². The van der Waals surface area contributed by atoms with E-state index in [1.54, 1.807) is 58.0 Å². The van der Waals surface area contributed by atoms with Gasteiger partial charge < -0.3 is 14.4 Å². The number of carbonyl (C=O) groups excluding carboxylic acids is 2. The highest BCUT2D eigenvalue weighted by Crippen LogP contribution is 2.28. The van der Waals surface area contributed by atoms with Gasteiger partial charge >= 0.3 is 0 Å². The molecule has 0 aliphatic carbocycles. The van der Waals surface area contributed by atoms with Gasteiger partial charge in [0, 0.05) is 69.5 Å². The smallest absolute Gasteiger partial charge is 0.266 e. The van der Waals surface area contributed by atoms with E-state index in [1.165, 1.54) is 5.56 Å². The van der Waals surface area contributed by atoms with E-state index in [9.17, 15) is 14.4 Å². The lowest BCUT2D eigenvalue weighted by Crippen LogP contribution is -2.50. The first-order valence-corrected chi connectivity index (χ1v) is 19.3. The van der Waals surface area contributed by atoms with Crippen LogP contribution < -0.4 is 15.0 Å². The Morgan fingerprint density at radius 3 is 2.15 bits per heavy atom. The number of ether oxygens (including phenoxy) is 2. The van der Waals surface area contributed by atoms with E-state index in [0.29, 0.717) is 77.2 Å². The average Bonchev–Trinajstić information content (AvgIpc) is 3.19. The van der Waals surface area contributed by atoms with Gasteiger partial charge in [-0.05, 0) is 74.0 Å². The van der Waals surface area contributed by atoms with Gasteiger partial charge in [-0.3, -0.25) is 33.7 Å². The van der Waals surface area contributed by atoms with Gasteiger partial charge in [-0.25, -0.2) is 4.98 Å². The van der Waals surface area contributed by atoms with Crippen molar-refractivity contribution in [3.63, 3.8) is 0 Å². The van der Waals surface area contributed by atoms with Gasteiger partial charge in [0.25, 0.3) is 11.5 Å². The van der Waals surface area contributed by atoms with E-state index in [2.05, 4.69) is 39.0 Å². The van der Waals surface area contributed by atoms with Crippen molar-refractivity contribution in [2.45, 2.75) is 33.0 Å². The number of fused-ring (bicyclic) bond motifs is 1. The quantitative estimate of drug-likeness (QED) is 0.143. The van der Waals surface area contributed by atoms with Crippen molar-refractivity contribution in [1.82, 2.24) is 29.2 Å². The first kappa shape index (κ1) is 38.2. The third kappa shape index (κ3) is 9.60. The molecule has 5 aromatic rings. The molecule has 1 amide bonds. The first-order valence-electron chi connectivity index (χ1n) is 18.9. The van der Waals surface area contributed by atoms with Crippen molar-refractivity contribution in [3.8, 4) is 17.2 Å². The van der Waals surface area contributed by atoms with Crippen LogP contribution in [-0.4, -0.2) is 112 Å². The summed E-state index contributed by atoms with van der Waals surface area (Å²) in [4.78, 5) is 54.9. The fraction of sp³-hybridized carbons (Fsp3) is 0.349. The highest BCUT2D eigenvalue weighted by Gasteiger charge is 2.26. The Labute approximate surface area is 326 Å². The second-order valence-corrected chi connectivity index (χ2v) is 14.8. The number of Topliss-reactive ketones (excluding diaryl/α,β-unsaturated/α-hetero) is 1. The molecule has 0 unspecified atom stereocenters. The summed E-state index contributed by atoms with van der Waals surface area (Å²) in [7, 11) is 0. The minimum Gasteiger partial charge on any atom is -0.489 e. The van der Waals surface area contributed by atoms with E-state index in [1.807, 2.05) is 38.1 Å². The number of aromatic nitrogens is 2. The second kappa shape index (κ2) is 17.6. The topological polar surface area (TPSA) is 100 Å². The fourth-order valence-corrected chi connectivity index (χ4v) is 7.24. The number of carbonyl (C=O) groups is 2. The molecule has 3 heterocycles. The molecular weight excluding hydrogens is 716 g/mol. The molecule has 0 N–H and O–H groups in total. The molecule has 2 fully saturated rings. The number of piperazine rings is 2. The van der Waals surface area contributed by atoms with Crippen molar-refractivity contribution in [2.75, 3.05) is 65.5 Å². The van der Waals surface area contributed by atoms with Crippen LogP contribution >= 0.6 is 11.6 Å². The minimum absolute atomic E-state index is 0.0157. The highest BCUT2D eigenvalue weighted by atomic mass is 35.5. The Morgan fingerprint density at radius 1 is 0.764 bits per heavy atom. The number of halogens is 1. The molecule has 55 heavy (non-hydrogen) atoms. The first-order chi connectivity index (χ1) is 26.7. The monoisotopic (exact) mass is 762 g/mol. The zero-order chi connectivity index (χ0) is 38.3. The minimum atomic E-state index is -0.235. The molecule has 11 nitrogen and oxygen atoms in total. The van der Waals surface area contributed by atoms with E-state index in [0.717, 1.165) is 32.7 Å². The van der Waals surface area contributed by atoms with Crippen molar-refractivity contribution in [3.05, 3.63) is 129 Å². The summed E-state index contributed by atoms with van der Waals surface area (Å²) < 4.78 is 13.6.